The van der Waals surface area contributed by atoms with Crippen LogP contribution in [0.1, 0.15) is 38.5 Å². The van der Waals surface area contributed by atoms with Gasteiger partial charge in [-0.25, -0.2) is 0 Å². The molecule has 2 aromatic rings. The Bertz CT molecular complexity index is 852. The summed E-state index contributed by atoms with van der Waals surface area (Å²) >= 11 is 1.56. The van der Waals surface area contributed by atoms with Crippen molar-refractivity contribution < 1.29 is 19.0 Å². The number of thiophene rings is 1. The summed E-state index contributed by atoms with van der Waals surface area (Å²) in [5.41, 5.74) is 2.10. The summed E-state index contributed by atoms with van der Waals surface area (Å²) in [6, 6.07) is 8.07. The summed E-state index contributed by atoms with van der Waals surface area (Å²) in [7, 11) is 3.32. The van der Waals surface area contributed by atoms with Gasteiger partial charge in [-0.3, -0.25) is 4.79 Å². The van der Waals surface area contributed by atoms with Crippen molar-refractivity contribution in [3.8, 4) is 11.5 Å². The zero-order chi connectivity index (χ0) is 19.0. The normalized spacial score (nSPS) is 18.3. The van der Waals surface area contributed by atoms with Crippen LogP contribution in [0.2, 0.25) is 0 Å². The second kappa shape index (κ2) is 7.17. The summed E-state index contributed by atoms with van der Waals surface area (Å²) in [6.45, 7) is 4.12. The fourth-order valence-electron chi connectivity index (χ4n) is 4.18. The van der Waals surface area contributed by atoms with E-state index in [1.165, 1.54) is 11.1 Å². The van der Waals surface area contributed by atoms with Gasteiger partial charge >= 0.3 is 0 Å². The molecule has 2 aliphatic heterocycles. The van der Waals surface area contributed by atoms with Crippen LogP contribution in [0.25, 0.3) is 0 Å². The van der Waals surface area contributed by atoms with E-state index in [2.05, 4.69) is 12.1 Å². The van der Waals surface area contributed by atoms with E-state index in [0.717, 1.165) is 40.5 Å². The number of likely N-dealkylation sites (tertiary alicyclic amines) is 1. The van der Waals surface area contributed by atoms with Crippen molar-refractivity contribution in [1.82, 2.24) is 4.90 Å². The number of methoxy groups -OCH3 is 2. The van der Waals surface area contributed by atoms with Crippen LogP contribution in [-0.2, 0) is 16.8 Å². The number of ether oxygens (including phenoxy) is 3. The monoisotopic (exact) mass is 387 g/mol. The Morgan fingerprint density at radius 3 is 2.48 bits per heavy atom. The number of aryl methyl sites for hydroxylation is 1. The fourth-order valence-corrected chi connectivity index (χ4v) is 5.01. The van der Waals surface area contributed by atoms with E-state index in [1.54, 1.807) is 25.6 Å². The van der Waals surface area contributed by atoms with E-state index in [-0.39, 0.29) is 11.5 Å². The predicted octanol–water partition coefficient (Wildman–Crippen LogP) is 3.78. The first kappa shape index (κ1) is 18.3. The average molecular weight is 388 g/mol. The number of nitrogens with zero attached hydrogens (tertiary/aromatic N) is 1. The van der Waals surface area contributed by atoms with E-state index >= 15 is 0 Å². The van der Waals surface area contributed by atoms with Crippen molar-refractivity contribution in [3.63, 3.8) is 0 Å². The maximum atomic E-state index is 12.8. The van der Waals surface area contributed by atoms with Gasteiger partial charge in [0.2, 0.25) is 0 Å². The van der Waals surface area contributed by atoms with E-state index in [9.17, 15) is 4.79 Å². The second-order valence-corrected chi connectivity index (χ2v) is 8.45. The molecule has 0 unspecified atom stereocenters. The molecule has 144 valence electrons. The highest BCUT2D eigenvalue weighted by molar-refractivity contribution is 7.13. The molecule has 0 saturated carbocycles. The molecule has 1 aromatic heterocycles. The minimum atomic E-state index is -0.338. The molecule has 1 aromatic carbocycles. The minimum Gasteiger partial charge on any atom is -0.493 e. The molecule has 0 aliphatic carbocycles. The predicted molar refractivity (Wildman–Crippen MR) is 105 cm³/mol. The van der Waals surface area contributed by atoms with Crippen molar-refractivity contribution in [3.05, 3.63) is 45.1 Å². The van der Waals surface area contributed by atoms with Gasteiger partial charge in [-0.15, -0.1) is 11.3 Å². The molecule has 2 aliphatic rings. The topological polar surface area (TPSA) is 48.0 Å². The van der Waals surface area contributed by atoms with Crippen LogP contribution in [0.3, 0.4) is 0 Å². The number of piperidine rings is 1. The molecule has 4 rings (SSSR count). The van der Waals surface area contributed by atoms with Crippen molar-refractivity contribution in [1.29, 1.82) is 0 Å². The molecule has 6 heteroatoms. The maximum Gasteiger partial charge on any atom is 0.263 e. The van der Waals surface area contributed by atoms with Crippen LogP contribution < -0.4 is 9.47 Å². The summed E-state index contributed by atoms with van der Waals surface area (Å²) in [6.07, 6.45) is 2.46. The van der Waals surface area contributed by atoms with Crippen LogP contribution in [0.4, 0.5) is 0 Å². The molecule has 1 amide bonds. The van der Waals surface area contributed by atoms with Gasteiger partial charge in [0.15, 0.2) is 11.5 Å². The van der Waals surface area contributed by atoms with Gasteiger partial charge in [0.05, 0.1) is 31.3 Å². The lowest BCUT2D eigenvalue weighted by Crippen LogP contribution is -2.48. The number of carbonyl (C=O) groups is 1. The van der Waals surface area contributed by atoms with Gasteiger partial charge in [-0.1, -0.05) is 0 Å². The smallest absolute Gasteiger partial charge is 0.263 e. The zero-order valence-corrected chi connectivity index (χ0v) is 16.9. The van der Waals surface area contributed by atoms with Gasteiger partial charge in [0, 0.05) is 18.0 Å². The Kier molecular flexibility index (Phi) is 4.86. The molecule has 5 nitrogen and oxygen atoms in total. The summed E-state index contributed by atoms with van der Waals surface area (Å²) in [5, 5.41) is 0. The first-order chi connectivity index (χ1) is 13.1. The summed E-state index contributed by atoms with van der Waals surface area (Å²) in [4.78, 5) is 16.7. The number of amides is 1. The third-order valence-electron chi connectivity index (χ3n) is 5.66. The Morgan fingerprint density at radius 1 is 1.15 bits per heavy atom. The zero-order valence-electron chi connectivity index (χ0n) is 16.0. The first-order valence-electron chi connectivity index (χ1n) is 9.31. The molecule has 1 spiro atoms. The Morgan fingerprint density at radius 2 is 1.85 bits per heavy atom. The highest BCUT2D eigenvalue weighted by Crippen LogP contribution is 2.45. The quantitative estimate of drug-likeness (QED) is 0.804. The molecule has 0 bridgehead atoms. The van der Waals surface area contributed by atoms with Gasteiger partial charge in [-0.05, 0) is 61.6 Å². The van der Waals surface area contributed by atoms with Crippen LogP contribution in [0.15, 0.2) is 24.3 Å². The lowest BCUT2D eigenvalue weighted by molar-refractivity contribution is -0.0936. The van der Waals surface area contributed by atoms with Crippen molar-refractivity contribution in [2.24, 2.45) is 0 Å². The van der Waals surface area contributed by atoms with Crippen LogP contribution in [0, 0.1) is 6.92 Å². The van der Waals surface area contributed by atoms with E-state index in [0.29, 0.717) is 19.7 Å². The van der Waals surface area contributed by atoms with E-state index in [1.807, 2.05) is 24.0 Å². The average Bonchev–Trinajstić information content (AvgIpc) is 3.14. The minimum absolute atomic E-state index is 0.131. The van der Waals surface area contributed by atoms with Gasteiger partial charge in [0.25, 0.3) is 5.91 Å². The van der Waals surface area contributed by atoms with Crippen LogP contribution in [0.5, 0.6) is 11.5 Å². The van der Waals surface area contributed by atoms with E-state index in [4.69, 9.17) is 14.2 Å². The molecule has 27 heavy (non-hydrogen) atoms. The highest BCUT2D eigenvalue weighted by Gasteiger charge is 2.42. The Hall–Kier alpha value is -2.05. The van der Waals surface area contributed by atoms with Gasteiger partial charge in [-0.2, -0.15) is 0 Å². The Labute approximate surface area is 163 Å². The lowest BCUT2D eigenvalue weighted by atomic mass is 9.79. The fraction of sp³-hybridized carbons (Fsp3) is 0.476. The SMILES string of the molecule is COc1cc2c(cc1OC)C1(CCN(C(=O)c3ccc(C)s3)CC1)OCC2. The van der Waals surface area contributed by atoms with Gasteiger partial charge < -0.3 is 19.1 Å². The number of hydrogen-bond donors (Lipinski definition) is 0. The third-order valence-corrected chi connectivity index (χ3v) is 6.65. The van der Waals surface area contributed by atoms with Crippen molar-refractivity contribution in [2.45, 2.75) is 31.8 Å². The number of hydrogen-bond acceptors (Lipinski definition) is 5. The molecular formula is C21H25NO4S. The molecule has 0 atom stereocenters. The van der Waals surface area contributed by atoms with Crippen LogP contribution >= 0.6 is 11.3 Å². The van der Waals surface area contributed by atoms with Crippen LogP contribution in [-0.4, -0.2) is 44.7 Å². The largest absolute Gasteiger partial charge is 0.493 e. The molecule has 3 heterocycles. The molecule has 0 N–H and O–H groups in total. The summed E-state index contributed by atoms with van der Waals surface area (Å²) in [5.74, 6) is 1.62. The summed E-state index contributed by atoms with van der Waals surface area (Å²) < 4.78 is 17.3. The standard InChI is InChI=1S/C21H25NO4S/c1-14-4-5-19(27-14)20(23)22-9-7-21(8-10-22)16-13-18(25-3)17(24-2)12-15(16)6-11-26-21/h4-5,12-13H,6-11H2,1-3H3. The molecular weight excluding hydrogens is 362 g/mol. The van der Waals surface area contributed by atoms with E-state index < -0.39 is 0 Å². The maximum absolute atomic E-state index is 12.8. The van der Waals surface area contributed by atoms with Gasteiger partial charge in [0.1, 0.15) is 0 Å². The first-order valence-corrected chi connectivity index (χ1v) is 10.1. The third kappa shape index (κ3) is 3.21. The number of fused-ring (bicyclic) bond motifs is 2. The number of benzene rings is 1. The Balaban J connectivity index is 1.57. The number of carbonyl (C=O) groups excluding carboxylic acids is 1. The lowest BCUT2D eigenvalue weighted by Gasteiger charge is -2.45. The van der Waals surface area contributed by atoms with Crippen molar-refractivity contribution >= 4 is 17.2 Å². The molecule has 1 fully saturated rings. The number of rotatable bonds is 3. The second-order valence-electron chi connectivity index (χ2n) is 7.16. The highest BCUT2D eigenvalue weighted by atomic mass is 32.1. The molecule has 1 saturated heterocycles. The van der Waals surface area contributed by atoms with Crippen molar-refractivity contribution in [2.75, 3.05) is 33.9 Å². The molecule has 0 radical (unpaired) electrons.